The van der Waals surface area contributed by atoms with Gasteiger partial charge in [0.15, 0.2) is 0 Å². The summed E-state index contributed by atoms with van der Waals surface area (Å²) < 4.78 is 6.33. The van der Waals surface area contributed by atoms with Crippen LogP contribution in [0.4, 0.5) is 16.2 Å². The third-order valence-corrected chi connectivity index (χ3v) is 3.43. The van der Waals surface area contributed by atoms with Gasteiger partial charge in [-0.25, -0.2) is 4.79 Å². The molecule has 2 N–H and O–H groups in total. The topological polar surface area (TPSA) is 50.4 Å². The molecule has 1 amide bonds. The highest BCUT2D eigenvalue weighted by atomic mass is 79.9. The minimum Gasteiger partial charge on any atom is -0.444 e. The van der Waals surface area contributed by atoms with Gasteiger partial charge in [0.2, 0.25) is 0 Å². The van der Waals surface area contributed by atoms with E-state index in [0.717, 1.165) is 15.7 Å². The molecule has 0 aliphatic heterocycles. The maximum atomic E-state index is 11.9. The average molecular weight is 377 g/mol. The number of benzene rings is 2. The second-order valence-corrected chi connectivity index (χ2v) is 7.07. The molecule has 2 aromatic rings. The third-order valence-electron chi connectivity index (χ3n) is 2.93. The number of carbonyl (C=O) groups is 1. The minimum atomic E-state index is -0.525. The molecule has 0 unspecified atom stereocenters. The average Bonchev–Trinajstić information content (AvgIpc) is 2.44. The molecule has 0 spiro atoms. The quantitative estimate of drug-likeness (QED) is 0.749. The van der Waals surface area contributed by atoms with Crippen molar-refractivity contribution in [1.82, 2.24) is 0 Å². The first-order valence-electron chi connectivity index (χ1n) is 7.41. The van der Waals surface area contributed by atoms with Gasteiger partial charge in [-0.3, -0.25) is 5.32 Å². The molecule has 0 atom stereocenters. The Morgan fingerprint density at radius 2 is 1.78 bits per heavy atom. The fraction of sp³-hybridized carbons (Fsp3) is 0.278. The zero-order valence-electron chi connectivity index (χ0n) is 13.5. The zero-order valence-corrected chi connectivity index (χ0v) is 15.1. The molecular weight excluding hydrogens is 356 g/mol. The van der Waals surface area contributed by atoms with Crippen molar-refractivity contribution in [2.24, 2.45) is 0 Å². The van der Waals surface area contributed by atoms with E-state index in [0.29, 0.717) is 12.2 Å². The molecule has 0 saturated carbocycles. The predicted molar refractivity (Wildman–Crippen MR) is 97.8 cm³/mol. The molecule has 0 aliphatic rings. The van der Waals surface area contributed by atoms with Crippen molar-refractivity contribution in [2.45, 2.75) is 32.9 Å². The van der Waals surface area contributed by atoms with Gasteiger partial charge in [0, 0.05) is 11.0 Å². The van der Waals surface area contributed by atoms with Crippen LogP contribution in [0.1, 0.15) is 26.3 Å². The van der Waals surface area contributed by atoms with Gasteiger partial charge in [-0.2, -0.15) is 0 Å². The van der Waals surface area contributed by atoms with Crippen molar-refractivity contribution >= 4 is 33.4 Å². The molecule has 0 aliphatic carbocycles. The van der Waals surface area contributed by atoms with E-state index in [4.69, 9.17) is 4.74 Å². The fourth-order valence-electron chi connectivity index (χ4n) is 2.00. The number of amides is 1. The van der Waals surface area contributed by atoms with E-state index in [-0.39, 0.29) is 0 Å². The Balaban J connectivity index is 2.04. The number of rotatable bonds is 4. The largest absolute Gasteiger partial charge is 0.444 e. The van der Waals surface area contributed by atoms with Gasteiger partial charge in [-0.15, -0.1) is 0 Å². The Morgan fingerprint density at radius 3 is 2.43 bits per heavy atom. The van der Waals surface area contributed by atoms with E-state index in [1.807, 2.05) is 63.2 Å². The van der Waals surface area contributed by atoms with Crippen LogP contribution in [0.5, 0.6) is 0 Å². The molecule has 122 valence electrons. The van der Waals surface area contributed by atoms with E-state index >= 15 is 0 Å². The Morgan fingerprint density at radius 1 is 1.09 bits per heavy atom. The van der Waals surface area contributed by atoms with Gasteiger partial charge in [0.05, 0.1) is 11.4 Å². The first kappa shape index (κ1) is 17.3. The highest BCUT2D eigenvalue weighted by Crippen LogP contribution is 2.23. The molecule has 0 aromatic heterocycles. The lowest BCUT2D eigenvalue weighted by Crippen LogP contribution is -2.27. The molecule has 2 aromatic carbocycles. The standard InChI is InChI=1S/C18H21BrN2O2/c1-18(2,3)23-17(22)21-16-10-5-4-9-15(16)20-12-13-7-6-8-14(19)11-13/h4-11,20H,12H2,1-3H3,(H,21,22). The maximum absolute atomic E-state index is 11.9. The first-order valence-corrected chi connectivity index (χ1v) is 8.20. The zero-order chi connectivity index (χ0) is 16.9. The van der Waals surface area contributed by atoms with Crippen LogP contribution in [0, 0.1) is 0 Å². The summed E-state index contributed by atoms with van der Waals surface area (Å²) in [5.41, 5.74) is 2.16. The second-order valence-electron chi connectivity index (χ2n) is 6.16. The molecule has 0 heterocycles. The Labute approximate surface area is 145 Å². The summed E-state index contributed by atoms with van der Waals surface area (Å²) in [5, 5.41) is 6.12. The smallest absolute Gasteiger partial charge is 0.412 e. The molecule has 0 fully saturated rings. The van der Waals surface area contributed by atoms with Crippen molar-refractivity contribution < 1.29 is 9.53 Å². The van der Waals surface area contributed by atoms with Crippen molar-refractivity contribution in [3.63, 3.8) is 0 Å². The highest BCUT2D eigenvalue weighted by Gasteiger charge is 2.17. The monoisotopic (exact) mass is 376 g/mol. The Bertz CT molecular complexity index is 681. The second kappa shape index (κ2) is 7.51. The summed E-state index contributed by atoms with van der Waals surface area (Å²) >= 11 is 3.46. The number of halogens is 1. The summed E-state index contributed by atoms with van der Waals surface area (Å²) in [7, 11) is 0. The van der Waals surface area contributed by atoms with E-state index in [9.17, 15) is 4.79 Å². The fourth-order valence-corrected chi connectivity index (χ4v) is 2.45. The number of hydrogen-bond donors (Lipinski definition) is 2. The molecular formula is C18H21BrN2O2. The minimum absolute atomic E-state index is 0.464. The van der Waals surface area contributed by atoms with E-state index in [2.05, 4.69) is 32.6 Å². The lowest BCUT2D eigenvalue weighted by Gasteiger charge is -2.20. The lowest BCUT2D eigenvalue weighted by atomic mass is 10.2. The van der Waals surface area contributed by atoms with Gasteiger partial charge >= 0.3 is 6.09 Å². The van der Waals surface area contributed by atoms with Crippen molar-refractivity contribution in [2.75, 3.05) is 10.6 Å². The molecule has 0 radical (unpaired) electrons. The molecule has 23 heavy (non-hydrogen) atoms. The number of carbonyl (C=O) groups excluding carboxylic acids is 1. The van der Waals surface area contributed by atoms with Gasteiger partial charge in [-0.1, -0.05) is 40.2 Å². The van der Waals surface area contributed by atoms with E-state index in [1.54, 1.807) is 0 Å². The van der Waals surface area contributed by atoms with Gasteiger partial charge in [0.25, 0.3) is 0 Å². The van der Waals surface area contributed by atoms with Gasteiger partial charge in [-0.05, 0) is 50.6 Å². The van der Waals surface area contributed by atoms with Crippen LogP contribution in [0.3, 0.4) is 0 Å². The van der Waals surface area contributed by atoms with E-state index < -0.39 is 11.7 Å². The maximum Gasteiger partial charge on any atom is 0.412 e. The van der Waals surface area contributed by atoms with Crippen molar-refractivity contribution in [3.8, 4) is 0 Å². The molecule has 0 bridgehead atoms. The lowest BCUT2D eigenvalue weighted by molar-refractivity contribution is 0.0636. The molecule has 2 rings (SSSR count). The van der Waals surface area contributed by atoms with E-state index in [1.165, 1.54) is 0 Å². The number of ether oxygens (including phenoxy) is 1. The van der Waals surface area contributed by atoms with Crippen LogP contribution < -0.4 is 10.6 Å². The molecule has 4 nitrogen and oxygen atoms in total. The summed E-state index contributed by atoms with van der Waals surface area (Å²) in [6.07, 6.45) is -0.464. The Kier molecular flexibility index (Phi) is 5.66. The number of nitrogens with one attached hydrogen (secondary N) is 2. The van der Waals surface area contributed by atoms with Crippen LogP contribution in [-0.4, -0.2) is 11.7 Å². The normalized spacial score (nSPS) is 11.0. The van der Waals surface area contributed by atoms with Crippen LogP contribution in [0.15, 0.2) is 53.0 Å². The first-order chi connectivity index (χ1) is 10.8. The summed E-state index contributed by atoms with van der Waals surface area (Å²) in [4.78, 5) is 11.9. The van der Waals surface area contributed by atoms with Crippen LogP contribution in [0.2, 0.25) is 0 Å². The summed E-state index contributed by atoms with van der Waals surface area (Å²) in [5.74, 6) is 0. The van der Waals surface area contributed by atoms with Crippen molar-refractivity contribution in [3.05, 3.63) is 58.6 Å². The van der Waals surface area contributed by atoms with Crippen LogP contribution in [0.25, 0.3) is 0 Å². The van der Waals surface area contributed by atoms with Gasteiger partial charge < -0.3 is 10.1 Å². The predicted octanol–water partition coefficient (Wildman–Crippen LogP) is 5.41. The highest BCUT2D eigenvalue weighted by molar-refractivity contribution is 9.10. The van der Waals surface area contributed by atoms with Crippen LogP contribution >= 0.6 is 15.9 Å². The SMILES string of the molecule is CC(C)(C)OC(=O)Nc1ccccc1NCc1cccc(Br)c1. The molecule has 0 saturated heterocycles. The van der Waals surface area contributed by atoms with Gasteiger partial charge in [0.1, 0.15) is 5.60 Å². The summed E-state index contributed by atoms with van der Waals surface area (Å²) in [6.45, 7) is 6.17. The number of para-hydroxylation sites is 2. The number of anilines is 2. The Hall–Kier alpha value is -2.01. The van der Waals surface area contributed by atoms with Crippen molar-refractivity contribution in [1.29, 1.82) is 0 Å². The number of hydrogen-bond acceptors (Lipinski definition) is 3. The summed E-state index contributed by atoms with van der Waals surface area (Å²) in [6, 6.07) is 15.6. The third kappa shape index (κ3) is 5.94. The van der Waals surface area contributed by atoms with Crippen LogP contribution in [-0.2, 0) is 11.3 Å². The molecule has 5 heteroatoms.